The summed E-state index contributed by atoms with van der Waals surface area (Å²) in [6.45, 7) is 8.95. The molecule has 4 rings (SSSR count). The van der Waals surface area contributed by atoms with Crippen LogP contribution in [0.3, 0.4) is 0 Å². The normalized spacial score (nSPS) is 32.4. The molecule has 1 unspecified atom stereocenters. The van der Waals surface area contributed by atoms with Gasteiger partial charge in [-0.2, -0.15) is 0 Å². The van der Waals surface area contributed by atoms with Crippen LogP contribution in [0.4, 0.5) is 0 Å². The van der Waals surface area contributed by atoms with E-state index in [9.17, 15) is 15.0 Å². The second-order valence-corrected chi connectivity index (χ2v) is 11.3. The summed E-state index contributed by atoms with van der Waals surface area (Å²) in [6.07, 6.45) is 8.21. The van der Waals surface area contributed by atoms with Crippen molar-refractivity contribution in [3.05, 3.63) is 53.6 Å². The van der Waals surface area contributed by atoms with E-state index in [4.69, 9.17) is 14.2 Å². The van der Waals surface area contributed by atoms with E-state index >= 15 is 0 Å². The minimum absolute atomic E-state index is 0.0151. The van der Waals surface area contributed by atoms with E-state index in [1.165, 1.54) is 0 Å². The Kier molecular flexibility index (Phi) is 9.49. The first-order chi connectivity index (χ1) is 17.8. The van der Waals surface area contributed by atoms with Crippen LogP contribution in [0.5, 0.6) is 5.75 Å². The van der Waals surface area contributed by atoms with Crippen LogP contribution in [-0.2, 0) is 14.3 Å². The topological polar surface area (TPSA) is 85.2 Å². The van der Waals surface area contributed by atoms with Crippen LogP contribution in [0, 0.1) is 17.8 Å². The Balaban J connectivity index is 1.48. The second-order valence-electron chi connectivity index (χ2n) is 11.3. The Morgan fingerprint density at radius 1 is 1.16 bits per heavy atom. The van der Waals surface area contributed by atoms with Gasteiger partial charge in [0.15, 0.2) is 6.10 Å². The van der Waals surface area contributed by atoms with Crippen LogP contribution in [-0.4, -0.2) is 53.3 Å². The third-order valence-electron chi connectivity index (χ3n) is 8.25. The average Bonchev–Trinajstić information content (AvgIpc) is 2.87. The molecule has 0 radical (unpaired) electrons. The molecule has 1 saturated heterocycles. The number of benzene rings is 1. The summed E-state index contributed by atoms with van der Waals surface area (Å²) in [4.78, 5) is 13.4. The summed E-state index contributed by atoms with van der Waals surface area (Å²) in [5.41, 5.74) is 2.11. The average molecular weight is 513 g/mol. The van der Waals surface area contributed by atoms with E-state index in [1.807, 2.05) is 37.3 Å². The Morgan fingerprint density at radius 2 is 1.95 bits per heavy atom. The molecule has 1 aliphatic heterocycles. The highest BCUT2D eigenvalue weighted by Gasteiger charge is 2.43. The van der Waals surface area contributed by atoms with Gasteiger partial charge in [0.2, 0.25) is 0 Å². The number of allylic oxidation sites excluding steroid dienone is 2. The van der Waals surface area contributed by atoms with E-state index in [0.717, 1.165) is 24.0 Å². The van der Waals surface area contributed by atoms with Crippen LogP contribution in [0.2, 0.25) is 0 Å². The van der Waals surface area contributed by atoms with E-state index in [2.05, 4.69) is 32.9 Å². The Hall–Kier alpha value is -2.15. The Labute approximate surface area is 221 Å². The van der Waals surface area contributed by atoms with Crippen molar-refractivity contribution in [2.45, 2.75) is 103 Å². The van der Waals surface area contributed by atoms with Gasteiger partial charge in [-0.1, -0.05) is 64.1 Å². The van der Waals surface area contributed by atoms with Gasteiger partial charge in [0.1, 0.15) is 11.9 Å². The lowest BCUT2D eigenvalue weighted by atomic mass is 9.66. The molecular weight excluding hydrogens is 468 g/mol. The molecule has 6 heteroatoms. The molecule has 1 heterocycles. The number of ether oxygens (including phenoxy) is 3. The van der Waals surface area contributed by atoms with Gasteiger partial charge in [-0.05, 0) is 67.1 Å². The highest BCUT2D eigenvalue weighted by Crippen LogP contribution is 2.44. The van der Waals surface area contributed by atoms with Crippen LogP contribution in [0.1, 0.15) is 77.7 Å². The van der Waals surface area contributed by atoms with Gasteiger partial charge in [-0.25, -0.2) is 4.79 Å². The molecular formula is C31H44O6. The molecule has 8 atom stereocenters. The van der Waals surface area contributed by atoms with Crippen molar-refractivity contribution in [1.82, 2.24) is 0 Å². The number of hydrogen-bond acceptors (Lipinski definition) is 6. The standard InChI is InChI=1S/C31H44O6/c1-5-27(36-28-9-7-6-8-25(28)19(2)3)31(34)37-29-18-23(33)16-21-11-10-20(4)26(30(21)29)13-12-24-17-22(32)14-15-35-24/h6-11,16,19-20,22-24,26-27,29-30,32-33H,5,12-15,17-18H2,1-4H3/t20-,22+,23+,24+,26-,27?,29-,30-/m0/s1. The maximum Gasteiger partial charge on any atom is 0.347 e. The summed E-state index contributed by atoms with van der Waals surface area (Å²) >= 11 is 0. The lowest BCUT2D eigenvalue weighted by Crippen LogP contribution is -2.44. The molecule has 1 aromatic carbocycles. The molecule has 0 bridgehead atoms. The zero-order chi connectivity index (χ0) is 26.5. The lowest BCUT2D eigenvalue weighted by Gasteiger charge is -2.43. The Morgan fingerprint density at radius 3 is 2.68 bits per heavy atom. The van der Waals surface area contributed by atoms with Crippen molar-refractivity contribution in [3.8, 4) is 5.75 Å². The maximum absolute atomic E-state index is 13.4. The summed E-state index contributed by atoms with van der Waals surface area (Å²) in [5, 5.41) is 20.7. The van der Waals surface area contributed by atoms with Crippen molar-refractivity contribution in [1.29, 1.82) is 0 Å². The smallest absolute Gasteiger partial charge is 0.347 e. The van der Waals surface area contributed by atoms with Crippen molar-refractivity contribution in [2.75, 3.05) is 6.61 Å². The minimum Gasteiger partial charge on any atom is -0.478 e. The van der Waals surface area contributed by atoms with E-state index < -0.39 is 18.3 Å². The number of hydrogen-bond donors (Lipinski definition) is 2. The molecule has 2 N–H and O–H groups in total. The molecule has 2 aliphatic carbocycles. The zero-order valence-electron chi connectivity index (χ0n) is 22.7. The number of aliphatic hydroxyl groups is 2. The predicted octanol–water partition coefficient (Wildman–Crippen LogP) is 5.33. The fourth-order valence-electron chi connectivity index (χ4n) is 6.17. The zero-order valence-corrected chi connectivity index (χ0v) is 22.7. The van der Waals surface area contributed by atoms with Gasteiger partial charge >= 0.3 is 5.97 Å². The highest BCUT2D eigenvalue weighted by molar-refractivity contribution is 5.75. The number of carbonyl (C=O) groups excluding carboxylic acids is 1. The van der Waals surface area contributed by atoms with Crippen molar-refractivity contribution in [2.24, 2.45) is 17.8 Å². The first-order valence-electron chi connectivity index (χ1n) is 14.1. The first-order valence-corrected chi connectivity index (χ1v) is 14.1. The van der Waals surface area contributed by atoms with Crippen LogP contribution >= 0.6 is 0 Å². The van der Waals surface area contributed by atoms with Gasteiger partial charge < -0.3 is 24.4 Å². The number of carbonyl (C=O) groups is 1. The second kappa shape index (κ2) is 12.6. The molecule has 37 heavy (non-hydrogen) atoms. The van der Waals surface area contributed by atoms with E-state index in [1.54, 1.807) is 0 Å². The maximum atomic E-state index is 13.4. The van der Waals surface area contributed by atoms with Crippen LogP contribution in [0.25, 0.3) is 0 Å². The summed E-state index contributed by atoms with van der Waals surface area (Å²) in [6, 6.07) is 7.84. The number of para-hydroxylation sites is 1. The van der Waals surface area contributed by atoms with Crippen molar-refractivity contribution < 1.29 is 29.2 Å². The number of aliphatic hydroxyl groups excluding tert-OH is 2. The number of fused-ring (bicyclic) bond motifs is 1. The largest absolute Gasteiger partial charge is 0.478 e. The molecule has 0 aromatic heterocycles. The molecule has 1 fully saturated rings. The third kappa shape index (κ3) is 6.84. The van der Waals surface area contributed by atoms with Crippen LogP contribution in [0.15, 0.2) is 48.1 Å². The fourth-order valence-corrected chi connectivity index (χ4v) is 6.17. The van der Waals surface area contributed by atoms with Crippen molar-refractivity contribution >= 4 is 5.97 Å². The van der Waals surface area contributed by atoms with E-state index in [-0.39, 0.29) is 35.9 Å². The molecule has 3 aliphatic rings. The minimum atomic E-state index is -0.710. The van der Waals surface area contributed by atoms with Gasteiger partial charge in [0.25, 0.3) is 0 Å². The number of esters is 1. The van der Waals surface area contributed by atoms with E-state index in [0.29, 0.717) is 44.0 Å². The molecule has 6 nitrogen and oxygen atoms in total. The summed E-state index contributed by atoms with van der Waals surface area (Å²) in [7, 11) is 0. The summed E-state index contributed by atoms with van der Waals surface area (Å²) in [5.74, 6) is 1.19. The summed E-state index contributed by atoms with van der Waals surface area (Å²) < 4.78 is 18.3. The Bertz CT molecular complexity index is 968. The molecule has 204 valence electrons. The molecule has 0 amide bonds. The quantitative estimate of drug-likeness (QED) is 0.435. The van der Waals surface area contributed by atoms with Crippen molar-refractivity contribution in [3.63, 3.8) is 0 Å². The third-order valence-corrected chi connectivity index (χ3v) is 8.25. The van der Waals surface area contributed by atoms with Gasteiger partial charge in [-0.3, -0.25) is 0 Å². The van der Waals surface area contributed by atoms with Gasteiger partial charge in [-0.15, -0.1) is 0 Å². The van der Waals surface area contributed by atoms with Gasteiger partial charge in [0, 0.05) is 18.9 Å². The molecule has 0 saturated carbocycles. The molecule has 1 aromatic rings. The lowest BCUT2D eigenvalue weighted by molar-refractivity contribution is -0.163. The fraction of sp³-hybridized carbons (Fsp3) is 0.645. The monoisotopic (exact) mass is 512 g/mol. The van der Waals surface area contributed by atoms with Gasteiger partial charge in [0.05, 0.1) is 18.3 Å². The highest BCUT2D eigenvalue weighted by atomic mass is 16.6. The number of rotatable bonds is 9. The SMILES string of the molecule is CCC(Oc1ccccc1C(C)C)C(=O)O[C@H]1C[C@H](O)C=C2C=C[C@H](C)[C@H](CC[C@@H]3C[C@H](O)CCO3)[C@H]21. The molecule has 0 spiro atoms. The predicted molar refractivity (Wildman–Crippen MR) is 143 cm³/mol. The first kappa shape index (κ1) is 27.9. The van der Waals surface area contributed by atoms with Crippen LogP contribution < -0.4 is 4.74 Å².